The van der Waals surface area contributed by atoms with Crippen LogP contribution in [0.4, 0.5) is 0 Å². The van der Waals surface area contributed by atoms with E-state index in [1.165, 1.54) is 39.0 Å². The summed E-state index contributed by atoms with van der Waals surface area (Å²) in [5, 5.41) is 0. The van der Waals surface area contributed by atoms with Crippen LogP contribution in [0.15, 0.2) is 91.0 Å². The molecular weight excluding hydrogens is 542 g/mol. The average molecular weight is 584 g/mol. The monoisotopic (exact) mass is 583 g/mol. The van der Waals surface area contributed by atoms with Crippen LogP contribution < -0.4 is 18.9 Å². The maximum Gasteiger partial charge on any atom is 1.00 e. The Kier molecular flexibility index (Phi) is 13.3. The van der Waals surface area contributed by atoms with Crippen molar-refractivity contribution in [3.05, 3.63) is 124 Å². The quantitative estimate of drug-likeness (QED) is 0.145. The molecule has 3 aliphatic rings. The minimum absolute atomic E-state index is 0. The summed E-state index contributed by atoms with van der Waals surface area (Å²) in [7, 11) is 0. The van der Waals surface area contributed by atoms with Gasteiger partial charge >= 0.3 is 18.9 Å². The fraction of sp³-hybridized carbons (Fsp3) is 0.294. The van der Waals surface area contributed by atoms with Crippen molar-refractivity contribution in [2.24, 2.45) is 0 Å². The van der Waals surface area contributed by atoms with Crippen LogP contribution in [0.2, 0.25) is 0 Å². The molecule has 2 unspecified atom stereocenters. The molecule has 3 aromatic rings. The SMILES string of the molecule is C.CC1(C)C=Cc2ccccc21.CC1=CC(C)c2ccccc21.CC1C=Cc2ccccc21.CI.[Li+]. The molecule has 0 spiro atoms. The molecule has 0 bridgehead atoms. The number of benzene rings is 3. The molecule has 2 heteroatoms. The summed E-state index contributed by atoms with van der Waals surface area (Å²) in [6, 6.07) is 25.7. The van der Waals surface area contributed by atoms with Gasteiger partial charge in [-0.2, -0.15) is 0 Å². The van der Waals surface area contributed by atoms with Gasteiger partial charge in [-0.25, -0.2) is 0 Å². The van der Waals surface area contributed by atoms with E-state index in [9.17, 15) is 0 Å². The first-order valence-corrected chi connectivity index (χ1v) is 14.2. The molecule has 0 radical (unpaired) electrons. The average Bonchev–Trinajstić information content (AvgIpc) is 3.50. The van der Waals surface area contributed by atoms with Crippen LogP contribution in [-0.4, -0.2) is 4.93 Å². The second-order valence-corrected chi connectivity index (χ2v) is 9.64. The van der Waals surface area contributed by atoms with Crippen molar-refractivity contribution in [3.8, 4) is 0 Å². The van der Waals surface area contributed by atoms with Gasteiger partial charge in [-0.3, -0.25) is 0 Å². The van der Waals surface area contributed by atoms with Gasteiger partial charge in [0.05, 0.1) is 0 Å². The van der Waals surface area contributed by atoms with Crippen LogP contribution in [0.1, 0.15) is 87.3 Å². The van der Waals surface area contributed by atoms with Crippen LogP contribution >= 0.6 is 22.6 Å². The molecule has 6 rings (SSSR count). The van der Waals surface area contributed by atoms with E-state index in [1.807, 2.05) is 4.93 Å². The van der Waals surface area contributed by atoms with Gasteiger partial charge in [0.1, 0.15) is 0 Å². The molecule has 0 saturated heterocycles. The van der Waals surface area contributed by atoms with Crippen molar-refractivity contribution in [3.63, 3.8) is 0 Å². The number of hydrogen-bond acceptors (Lipinski definition) is 0. The molecule has 3 aromatic carbocycles. The Morgan fingerprint density at radius 1 is 0.694 bits per heavy atom. The van der Waals surface area contributed by atoms with Gasteiger partial charge in [-0.05, 0) is 56.7 Å². The van der Waals surface area contributed by atoms with E-state index < -0.39 is 0 Å². The summed E-state index contributed by atoms with van der Waals surface area (Å²) in [6.07, 6.45) is 11.2. The Bertz CT molecular complexity index is 1200. The summed E-state index contributed by atoms with van der Waals surface area (Å²) in [5.41, 5.74) is 10.2. The number of hydrogen-bond donors (Lipinski definition) is 0. The fourth-order valence-corrected chi connectivity index (χ4v) is 4.85. The summed E-state index contributed by atoms with van der Waals surface area (Å²) < 4.78 is 0. The van der Waals surface area contributed by atoms with Crippen molar-refractivity contribution >= 4 is 40.3 Å². The Hall–Kier alpha value is -1.79. The minimum Gasteiger partial charge on any atom is -0.0901 e. The number of rotatable bonds is 0. The van der Waals surface area contributed by atoms with Crippen LogP contribution in [0.5, 0.6) is 0 Å². The Morgan fingerprint density at radius 2 is 1.25 bits per heavy atom. The van der Waals surface area contributed by atoms with E-state index in [4.69, 9.17) is 0 Å². The smallest absolute Gasteiger partial charge is 0.0901 e. The Labute approximate surface area is 246 Å². The largest absolute Gasteiger partial charge is 1.00 e. The molecule has 0 aromatic heterocycles. The third kappa shape index (κ3) is 7.61. The second kappa shape index (κ2) is 14.8. The standard InChI is InChI=1S/2C11H12.C10H10.CH3I.CH4.Li/c1-11(2)8-7-9-5-3-4-6-10(9)11;1-8-7-9(2)11-6-4-3-5-10(8)11;1-8-6-7-9-4-2-3-5-10(8)9;1-2;;/h2*3-8H,1-2H3;2-8H,1H3;1H3;1H4;/q;;;;;+1. The van der Waals surface area contributed by atoms with Gasteiger partial charge in [0.25, 0.3) is 0 Å². The van der Waals surface area contributed by atoms with Crippen LogP contribution in [0, 0.1) is 0 Å². The zero-order valence-electron chi connectivity index (χ0n) is 22.3. The predicted octanol–water partition coefficient (Wildman–Crippen LogP) is 7.71. The van der Waals surface area contributed by atoms with Crippen molar-refractivity contribution < 1.29 is 18.9 Å². The first kappa shape index (κ1) is 32.2. The van der Waals surface area contributed by atoms with Gasteiger partial charge in [0, 0.05) is 11.3 Å². The van der Waals surface area contributed by atoms with E-state index in [-0.39, 0.29) is 31.7 Å². The van der Waals surface area contributed by atoms with Crippen LogP contribution in [0.25, 0.3) is 17.7 Å². The summed E-state index contributed by atoms with van der Waals surface area (Å²) >= 11 is 2.15. The molecule has 184 valence electrons. The van der Waals surface area contributed by atoms with Gasteiger partial charge in [0.15, 0.2) is 0 Å². The van der Waals surface area contributed by atoms with E-state index in [1.54, 1.807) is 0 Å². The second-order valence-electron chi connectivity index (χ2n) is 9.64. The maximum atomic E-state index is 2.32. The van der Waals surface area contributed by atoms with Gasteiger partial charge < -0.3 is 0 Å². The molecule has 0 heterocycles. The third-order valence-electron chi connectivity index (χ3n) is 6.76. The number of allylic oxidation sites excluding steroid dienone is 4. The number of fused-ring (bicyclic) bond motifs is 3. The minimum atomic E-state index is 0. The summed E-state index contributed by atoms with van der Waals surface area (Å²) in [6.45, 7) is 11.1. The predicted molar refractivity (Wildman–Crippen MR) is 168 cm³/mol. The molecule has 0 aliphatic heterocycles. The zero-order chi connectivity index (χ0) is 24.7. The van der Waals surface area contributed by atoms with Crippen molar-refractivity contribution in [2.75, 3.05) is 4.93 Å². The first-order valence-electron chi connectivity index (χ1n) is 12.1. The summed E-state index contributed by atoms with van der Waals surface area (Å²) in [4.78, 5) is 1.97. The maximum absolute atomic E-state index is 2.32. The van der Waals surface area contributed by atoms with Gasteiger partial charge in [-0.15, -0.1) is 0 Å². The fourth-order valence-electron chi connectivity index (χ4n) is 4.85. The van der Waals surface area contributed by atoms with E-state index in [2.05, 4.69) is 160 Å². The molecule has 2 atom stereocenters. The number of alkyl halides is 1. The molecule has 36 heavy (non-hydrogen) atoms. The topological polar surface area (TPSA) is 0 Å². The molecule has 0 nitrogen and oxygen atoms in total. The van der Waals surface area contributed by atoms with E-state index >= 15 is 0 Å². The van der Waals surface area contributed by atoms with E-state index in [0.717, 1.165) is 0 Å². The van der Waals surface area contributed by atoms with E-state index in [0.29, 0.717) is 11.8 Å². The molecule has 3 aliphatic carbocycles. The third-order valence-corrected chi connectivity index (χ3v) is 6.76. The van der Waals surface area contributed by atoms with Crippen molar-refractivity contribution in [1.82, 2.24) is 0 Å². The normalized spacial score (nSPS) is 18.1. The Balaban J connectivity index is 0.000000254. The molecular formula is C34H41ILi+. The number of halogens is 1. The molecule has 0 N–H and O–H groups in total. The van der Waals surface area contributed by atoms with Crippen LogP contribution in [-0.2, 0) is 5.41 Å². The van der Waals surface area contributed by atoms with Gasteiger partial charge in [-0.1, -0.05) is 161 Å². The van der Waals surface area contributed by atoms with Gasteiger partial charge in [0.2, 0.25) is 0 Å². The molecule has 0 fully saturated rings. The molecule has 0 saturated carbocycles. The zero-order valence-corrected chi connectivity index (χ0v) is 24.5. The van der Waals surface area contributed by atoms with Crippen LogP contribution in [0.3, 0.4) is 0 Å². The molecule has 0 amide bonds. The van der Waals surface area contributed by atoms with Crippen molar-refractivity contribution in [1.29, 1.82) is 0 Å². The first-order chi connectivity index (χ1) is 16.4. The Morgan fingerprint density at radius 3 is 1.86 bits per heavy atom. The van der Waals surface area contributed by atoms with Crippen molar-refractivity contribution in [2.45, 2.75) is 59.3 Å². The summed E-state index contributed by atoms with van der Waals surface area (Å²) in [5.74, 6) is 1.24.